The first-order chi connectivity index (χ1) is 13.6. The highest BCUT2D eigenvalue weighted by atomic mass is 35.5. The molecule has 0 aliphatic heterocycles. The smallest absolute Gasteiger partial charge is 0.163 e. The van der Waals surface area contributed by atoms with Crippen molar-refractivity contribution in [2.45, 2.75) is 18.9 Å². The van der Waals surface area contributed by atoms with E-state index in [4.69, 9.17) is 16.4 Å². The van der Waals surface area contributed by atoms with Gasteiger partial charge in [0.25, 0.3) is 0 Å². The van der Waals surface area contributed by atoms with Crippen LogP contribution in [0.5, 0.6) is 0 Å². The summed E-state index contributed by atoms with van der Waals surface area (Å²) >= 11 is 6.04. The van der Waals surface area contributed by atoms with Gasteiger partial charge in [0.2, 0.25) is 0 Å². The van der Waals surface area contributed by atoms with Gasteiger partial charge in [-0.15, -0.1) is 5.10 Å². The fraction of sp³-hybridized carbons (Fsp3) is 0.130. The van der Waals surface area contributed by atoms with Crippen molar-refractivity contribution in [3.05, 3.63) is 108 Å². The Hall–Kier alpha value is -3.11. The minimum atomic E-state index is -0.628. The van der Waals surface area contributed by atoms with Gasteiger partial charge >= 0.3 is 0 Å². The molecule has 1 atom stereocenters. The van der Waals surface area contributed by atoms with E-state index >= 15 is 0 Å². The van der Waals surface area contributed by atoms with Crippen LogP contribution in [-0.4, -0.2) is 14.9 Å². The lowest BCUT2D eigenvalue weighted by atomic mass is 9.88. The highest BCUT2D eigenvalue weighted by Gasteiger charge is 2.31. The summed E-state index contributed by atoms with van der Waals surface area (Å²) in [5.41, 5.74) is 3.90. The fourth-order valence-corrected chi connectivity index (χ4v) is 3.40. The zero-order valence-corrected chi connectivity index (χ0v) is 16.3. The van der Waals surface area contributed by atoms with Gasteiger partial charge in [0.1, 0.15) is 6.33 Å². The van der Waals surface area contributed by atoms with Crippen molar-refractivity contribution in [1.82, 2.24) is 14.9 Å². The molecule has 0 saturated carbocycles. The maximum absolute atomic E-state index is 6.22. The Morgan fingerprint density at radius 3 is 2.21 bits per heavy atom. The van der Waals surface area contributed by atoms with Crippen molar-refractivity contribution in [1.29, 1.82) is 0 Å². The molecule has 0 aliphatic rings. The Bertz CT molecular complexity index is 1020. The molecule has 4 rings (SSSR count). The number of rotatable bonds is 6. The fourth-order valence-electron chi connectivity index (χ4n) is 3.28. The molecule has 1 heterocycles. The largest absolute Gasteiger partial charge is 0.384 e. The van der Waals surface area contributed by atoms with Gasteiger partial charge in [0.05, 0.1) is 0 Å². The predicted octanol–water partition coefficient (Wildman–Crippen LogP) is 5.19. The molecule has 1 unspecified atom stereocenters. The van der Waals surface area contributed by atoms with Crippen LogP contribution in [0.2, 0.25) is 5.02 Å². The molecule has 3 aromatic carbocycles. The second kappa shape index (κ2) is 7.87. The molecule has 0 radical (unpaired) electrons. The third-order valence-corrected chi connectivity index (χ3v) is 5.00. The molecular formula is C23H20ClN3O. The van der Waals surface area contributed by atoms with Crippen LogP contribution in [0.4, 0.5) is 0 Å². The van der Waals surface area contributed by atoms with Gasteiger partial charge in [-0.25, -0.2) is 4.98 Å². The number of halogens is 1. The van der Waals surface area contributed by atoms with Crippen molar-refractivity contribution >= 4 is 11.6 Å². The molecule has 0 saturated heterocycles. The van der Waals surface area contributed by atoms with Crippen LogP contribution in [0.25, 0.3) is 11.1 Å². The summed E-state index contributed by atoms with van der Waals surface area (Å²) in [6, 6.07) is 26.6. The van der Waals surface area contributed by atoms with Gasteiger partial charge in [-0.2, -0.15) is 0 Å². The molecule has 4 nitrogen and oxygen atoms in total. The van der Waals surface area contributed by atoms with Gasteiger partial charge in [0, 0.05) is 11.4 Å². The Kier molecular flexibility index (Phi) is 5.13. The molecule has 140 valence electrons. The SMILES string of the molecule is CC(Cc1ccc(Cl)cc1)(On1cncn1)c1ccc(-c2ccccc2)cc1. The van der Waals surface area contributed by atoms with Crippen LogP contribution >= 0.6 is 11.6 Å². The highest BCUT2D eigenvalue weighted by Crippen LogP contribution is 2.30. The minimum absolute atomic E-state index is 0.628. The van der Waals surface area contributed by atoms with Crippen molar-refractivity contribution < 1.29 is 4.84 Å². The number of aromatic nitrogens is 3. The molecule has 0 aliphatic carbocycles. The third kappa shape index (κ3) is 4.07. The van der Waals surface area contributed by atoms with Crippen molar-refractivity contribution in [3.63, 3.8) is 0 Å². The summed E-state index contributed by atoms with van der Waals surface area (Å²) in [5, 5.41) is 4.83. The Morgan fingerprint density at radius 1 is 0.893 bits per heavy atom. The Morgan fingerprint density at radius 2 is 1.57 bits per heavy atom. The molecule has 5 heteroatoms. The first-order valence-electron chi connectivity index (χ1n) is 9.07. The average molecular weight is 390 g/mol. The maximum Gasteiger partial charge on any atom is 0.163 e. The minimum Gasteiger partial charge on any atom is -0.384 e. The lowest BCUT2D eigenvalue weighted by Crippen LogP contribution is -2.38. The van der Waals surface area contributed by atoms with Gasteiger partial charge in [0.15, 0.2) is 11.9 Å². The summed E-state index contributed by atoms with van der Waals surface area (Å²) in [4.78, 5) is 11.6. The number of nitrogens with zero attached hydrogens (tertiary/aromatic N) is 3. The van der Waals surface area contributed by atoms with E-state index in [2.05, 4.69) is 53.4 Å². The van der Waals surface area contributed by atoms with Crippen molar-refractivity contribution in [3.8, 4) is 11.1 Å². The van der Waals surface area contributed by atoms with Crippen LogP contribution in [0, 0.1) is 0 Å². The first kappa shape index (κ1) is 18.3. The third-order valence-electron chi connectivity index (χ3n) is 4.75. The molecule has 4 aromatic rings. The van der Waals surface area contributed by atoms with Gasteiger partial charge in [-0.1, -0.05) is 83.2 Å². The summed E-state index contributed by atoms with van der Waals surface area (Å²) in [6.45, 7) is 2.06. The number of hydrogen-bond donors (Lipinski definition) is 0. The molecule has 0 bridgehead atoms. The van der Waals surface area contributed by atoms with Crippen LogP contribution in [-0.2, 0) is 12.0 Å². The predicted molar refractivity (Wildman–Crippen MR) is 111 cm³/mol. The van der Waals surface area contributed by atoms with Crippen LogP contribution in [0.3, 0.4) is 0 Å². The lowest BCUT2D eigenvalue weighted by molar-refractivity contribution is -0.0634. The quantitative estimate of drug-likeness (QED) is 0.456. The van der Waals surface area contributed by atoms with Crippen LogP contribution in [0.15, 0.2) is 91.5 Å². The van der Waals surface area contributed by atoms with E-state index in [1.807, 2.05) is 42.5 Å². The van der Waals surface area contributed by atoms with E-state index in [1.165, 1.54) is 22.3 Å². The highest BCUT2D eigenvalue weighted by molar-refractivity contribution is 6.30. The summed E-state index contributed by atoms with van der Waals surface area (Å²) in [5.74, 6) is 0. The summed E-state index contributed by atoms with van der Waals surface area (Å²) < 4.78 is 0. The Balaban J connectivity index is 1.67. The molecule has 0 spiro atoms. The van der Waals surface area contributed by atoms with E-state index in [9.17, 15) is 0 Å². The monoisotopic (exact) mass is 389 g/mol. The zero-order chi connectivity index (χ0) is 19.4. The zero-order valence-electron chi connectivity index (χ0n) is 15.5. The topological polar surface area (TPSA) is 39.9 Å². The number of hydrogen-bond acceptors (Lipinski definition) is 3. The van der Waals surface area contributed by atoms with E-state index in [0.29, 0.717) is 6.42 Å². The van der Waals surface area contributed by atoms with Gasteiger partial charge < -0.3 is 4.84 Å². The second-order valence-electron chi connectivity index (χ2n) is 6.87. The average Bonchev–Trinajstić information content (AvgIpc) is 3.23. The molecule has 0 fully saturated rings. The van der Waals surface area contributed by atoms with Gasteiger partial charge in [-0.3, -0.25) is 0 Å². The molecular weight excluding hydrogens is 370 g/mol. The lowest BCUT2D eigenvalue weighted by Gasteiger charge is -2.30. The van der Waals surface area contributed by atoms with E-state index in [1.54, 1.807) is 6.33 Å². The Labute approximate surface area is 169 Å². The first-order valence-corrected chi connectivity index (χ1v) is 9.45. The van der Waals surface area contributed by atoms with Crippen LogP contribution < -0.4 is 4.84 Å². The standard InChI is InChI=1S/C23H20ClN3O/c1-23(28-27-17-25-16-26-27,15-18-7-13-22(24)14-8-18)21-11-9-20(10-12-21)19-5-3-2-4-6-19/h2-14,16-17H,15H2,1H3. The molecule has 0 amide bonds. The van der Waals surface area contributed by atoms with E-state index in [-0.39, 0.29) is 0 Å². The maximum atomic E-state index is 6.22. The van der Waals surface area contributed by atoms with E-state index in [0.717, 1.165) is 16.1 Å². The molecule has 28 heavy (non-hydrogen) atoms. The van der Waals surface area contributed by atoms with E-state index < -0.39 is 5.60 Å². The summed E-state index contributed by atoms with van der Waals surface area (Å²) in [6.07, 6.45) is 3.67. The molecule has 0 N–H and O–H groups in total. The molecule has 1 aromatic heterocycles. The second-order valence-corrected chi connectivity index (χ2v) is 7.30. The van der Waals surface area contributed by atoms with Crippen molar-refractivity contribution in [2.24, 2.45) is 0 Å². The number of benzene rings is 3. The summed E-state index contributed by atoms with van der Waals surface area (Å²) in [7, 11) is 0. The van der Waals surface area contributed by atoms with Crippen molar-refractivity contribution in [2.75, 3.05) is 0 Å². The van der Waals surface area contributed by atoms with Gasteiger partial charge in [-0.05, 0) is 41.3 Å². The normalized spacial score (nSPS) is 13.1. The van der Waals surface area contributed by atoms with Crippen LogP contribution in [0.1, 0.15) is 18.1 Å².